The van der Waals surface area contributed by atoms with Gasteiger partial charge in [0.25, 0.3) is 0 Å². The van der Waals surface area contributed by atoms with E-state index in [1.165, 1.54) is 6.42 Å². The van der Waals surface area contributed by atoms with Crippen LogP contribution in [-0.2, 0) is 17.8 Å². The lowest BCUT2D eigenvalue weighted by molar-refractivity contribution is -0.130. The Hall–Kier alpha value is -1.40. The van der Waals surface area contributed by atoms with Crippen molar-refractivity contribution in [1.29, 1.82) is 0 Å². The predicted molar refractivity (Wildman–Crippen MR) is 102 cm³/mol. The number of hydrogen-bond donors (Lipinski definition) is 1. The van der Waals surface area contributed by atoms with Crippen molar-refractivity contribution in [2.24, 2.45) is 11.3 Å². The zero-order valence-electron chi connectivity index (χ0n) is 16.9. The number of carbonyl (C=O) groups is 1. The molecule has 2 heterocycles. The molecule has 2 fully saturated rings. The van der Waals surface area contributed by atoms with E-state index in [9.17, 15) is 4.79 Å². The van der Waals surface area contributed by atoms with E-state index >= 15 is 0 Å². The van der Waals surface area contributed by atoms with Crippen molar-refractivity contribution < 1.29 is 9.32 Å². The minimum atomic E-state index is 0.203. The molecule has 1 N–H and O–H groups in total. The van der Waals surface area contributed by atoms with Crippen LogP contribution >= 0.6 is 0 Å². The van der Waals surface area contributed by atoms with Gasteiger partial charge in [-0.25, -0.2) is 0 Å². The molecule has 1 aromatic rings. The highest BCUT2D eigenvalue weighted by molar-refractivity contribution is 5.73. The van der Waals surface area contributed by atoms with Crippen molar-refractivity contribution in [3.8, 4) is 0 Å². The molecular formula is C20H34N4O2. The lowest BCUT2D eigenvalue weighted by atomic mass is 9.57. The maximum absolute atomic E-state index is 11.5. The highest BCUT2D eigenvalue weighted by atomic mass is 16.5. The van der Waals surface area contributed by atoms with Gasteiger partial charge in [-0.2, -0.15) is 0 Å². The fourth-order valence-electron chi connectivity index (χ4n) is 4.38. The summed E-state index contributed by atoms with van der Waals surface area (Å²) in [7, 11) is 4.07. The van der Waals surface area contributed by atoms with Gasteiger partial charge < -0.3 is 19.6 Å². The van der Waals surface area contributed by atoms with E-state index in [2.05, 4.69) is 35.3 Å². The van der Waals surface area contributed by atoms with Crippen LogP contribution in [0.1, 0.15) is 51.5 Å². The summed E-state index contributed by atoms with van der Waals surface area (Å²) in [6, 6.07) is 3.19. The fourth-order valence-corrected chi connectivity index (χ4v) is 4.38. The van der Waals surface area contributed by atoms with Crippen LogP contribution in [0.25, 0.3) is 0 Å². The minimum Gasteiger partial charge on any atom is -0.360 e. The molecule has 3 rings (SSSR count). The molecule has 26 heavy (non-hydrogen) atoms. The normalized spacial score (nSPS) is 26.2. The molecule has 1 aliphatic heterocycles. The Bertz CT molecular complexity index is 617. The quantitative estimate of drug-likeness (QED) is 0.841. The van der Waals surface area contributed by atoms with Crippen molar-refractivity contribution in [3.05, 3.63) is 17.5 Å². The Morgan fingerprint density at radius 1 is 1.38 bits per heavy atom. The van der Waals surface area contributed by atoms with E-state index in [1.807, 2.05) is 19.0 Å². The molecule has 0 aromatic carbocycles. The van der Waals surface area contributed by atoms with Crippen molar-refractivity contribution in [3.63, 3.8) is 0 Å². The molecule has 1 saturated carbocycles. The van der Waals surface area contributed by atoms with Crippen LogP contribution in [0.3, 0.4) is 0 Å². The average molecular weight is 363 g/mol. The molecule has 0 unspecified atom stereocenters. The number of piperidine rings is 1. The molecule has 2 aliphatic rings. The number of amides is 1. The summed E-state index contributed by atoms with van der Waals surface area (Å²) in [5.74, 6) is 1.78. The molecule has 1 amide bonds. The molecule has 1 aliphatic carbocycles. The summed E-state index contributed by atoms with van der Waals surface area (Å²) >= 11 is 0. The van der Waals surface area contributed by atoms with Gasteiger partial charge in [-0.05, 0) is 51.1 Å². The number of hydrogen-bond acceptors (Lipinski definition) is 5. The Morgan fingerprint density at radius 2 is 2.08 bits per heavy atom. The van der Waals surface area contributed by atoms with Gasteiger partial charge in [-0.15, -0.1) is 0 Å². The van der Waals surface area contributed by atoms with Crippen molar-refractivity contribution in [1.82, 2.24) is 20.3 Å². The van der Waals surface area contributed by atoms with Gasteiger partial charge in [0.2, 0.25) is 5.91 Å². The number of nitrogens with zero attached hydrogens (tertiary/aromatic N) is 3. The summed E-state index contributed by atoms with van der Waals surface area (Å²) in [6.07, 6.45) is 4.31. The van der Waals surface area contributed by atoms with E-state index in [4.69, 9.17) is 4.52 Å². The first kappa shape index (κ1) is 19.4. The number of rotatable bonds is 6. The van der Waals surface area contributed by atoms with Gasteiger partial charge in [0.05, 0.1) is 12.2 Å². The van der Waals surface area contributed by atoms with Gasteiger partial charge in [-0.1, -0.05) is 19.0 Å². The first-order chi connectivity index (χ1) is 12.3. The van der Waals surface area contributed by atoms with E-state index in [1.54, 1.807) is 6.92 Å². The van der Waals surface area contributed by atoms with Gasteiger partial charge in [0, 0.05) is 38.2 Å². The van der Waals surface area contributed by atoms with Gasteiger partial charge in [0.15, 0.2) is 5.76 Å². The molecule has 0 radical (unpaired) electrons. The van der Waals surface area contributed by atoms with E-state index in [-0.39, 0.29) is 11.3 Å². The van der Waals surface area contributed by atoms with Crippen LogP contribution in [0.15, 0.2) is 10.6 Å². The average Bonchev–Trinajstić information content (AvgIpc) is 3.00. The van der Waals surface area contributed by atoms with Gasteiger partial charge in [-0.3, -0.25) is 4.79 Å². The molecular weight excluding hydrogens is 328 g/mol. The summed E-state index contributed by atoms with van der Waals surface area (Å²) in [5, 5.41) is 8.13. The highest BCUT2D eigenvalue weighted by Gasteiger charge is 2.48. The summed E-state index contributed by atoms with van der Waals surface area (Å²) < 4.78 is 5.45. The molecule has 1 saturated heterocycles. The third-order valence-electron chi connectivity index (χ3n) is 6.38. The standard InChI is InChI=1S/C20H34N4O2/c1-14(25)24-8-6-16(7-9-24)21-19-11-15(20(19,2)3)10-17-12-18(26-22-17)13-23(4)5/h12,15-16,19,21H,6-11,13H2,1-5H3/t15-,19+/m1/s1. The summed E-state index contributed by atoms with van der Waals surface area (Å²) in [6.45, 7) is 8.97. The second-order valence-electron chi connectivity index (χ2n) is 8.98. The Labute approximate surface area is 157 Å². The predicted octanol–water partition coefficient (Wildman–Crippen LogP) is 2.29. The zero-order chi connectivity index (χ0) is 18.9. The Balaban J connectivity index is 1.47. The third-order valence-corrected chi connectivity index (χ3v) is 6.38. The number of nitrogens with one attached hydrogen (secondary N) is 1. The highest BCUT2D eigenvalue weighted by Crippen LogP contribution is 2.48. The van der Waals surface area contributed by atoms with Crippen molar-refractivity contribution in [2.75, 3.05) is 27.2 Å². The number of likely N-dealkylation sites (tertiary alicyclic amines) is 1. The van der Waals surface area contributed by atoms with E-state index in [0.29, 0.717) is 18.0 Å². The molecule has 6 nitrogen and oxygen atoms in total. The lowest BCUT2D eigenvalue weighted by Crippen LogP contribution is -2.61. The first-order valence-electron chi connectivity index (χ1n) is 9.86. The number of aromatic nitrogens is 1. The van der Waals surface area contributed by atoms with E-state index in [0.717, 1.165) is 50.4 Å². The molecule has 0 spiro atoms. The third kappa shape index (κ3) is 4.29. The maximum Gasteiger partial charge on any atom is 0.219 e. The Morgan fingerprint density at radius 3 is 2.65 bits per heavy atom. The Kier molecular flexibility index (Phi) is 5.72. The van der Waals surface area contributed by atoms with Crippen LogP contribution in [0.4, 0.5) is 0 Å². The second-order valence-corrected chi connectivity index (χ2v) is 8.98. The van der Waals surface area contributed by atoms with Crippen LogP contribution < -0.4 is 5.32 Å². The van der Waals surface area contributed by atoms with E-state index < -0.39 is 0 Å². The lowest BCUT2D eigenvalue weighted by Gasteiger charge is -2.54. The first-order valence-corrected chi connectivity index (χ1v) is 9.86. The smallest absolute Gasteiger partial charge is 0.219 e. The molecule has 0 bridgehead atoms. The van der Waals surface area contributed by atoms with Crippen LogP contribution in [0.5, 0.6) is 0 Å². The maximum atomic E-state index is 11.5. The van der Waals surface area contributed by atoms with Crippen molar-refractivity contribution >= 4 is 5.91 Å². The summed E-state index contributed by atoms with van der Waals surface area (Å²) in [5.41, 5.74) is 1.34. The molecule has 2 atom stereocenters. The van der Waals surface area contributed by atoms with Gasteiger partial charge in [0.1, 0.15) is 0 Å². The monoisotopic (exact) mass is 362 g/mol. The SMILES string of the molecule is CC(=O)N1CCC(N[C@H]2C[C@@H](Cc3cc(CN(C)C)on3)C2(C)C)CC1. The molecule has 146 valence electrons. The topological polar surface area (TPSA) is 61.6 Å². The second kappa shape index (κ2) is 7.69. The zero-order valence-corrected chi connectivity index (χ0v) is 16.9. The molecule has 1 aromatic heterocycles. The fraction of sp³-hybridized carbons (Fsp3) is 0.800. The summed E-state index contributed by atoms with van der Waals surface area (Å²) in [4.78, 5) is 15.5. The largest absolute Gasteiger partial charge is 0.360 e. The van der Waals surface area contributed by atoms with Gasteiger partial charge >= 0.3 is 0 Å². The van der Waals surface area contributed by atoms with Crippen LogP contribution in [-0.4, -0.2) is 60.1 Å². The van der Waals surface area contributed by atoms with Crippen molar-refractivity contribution in [2.45, 2.75) is 65.1 Å². The minimum absolute atomic E-state index is 0.203. The number of carbonyl (C=O) groups excluding carboxylic acids is 1. The van der Waals surface area contributed by atoms with Crippen LogP contribution in [0.2, 0.25) is 0 Å². The van der Waals surface area contributed by atoms with Crippen LogP contribution in [0, 0.1) is 11.3 Å². The molecule has 6 heteroatoms.